The van der Waals surface area contributed by atoms with Crippen LogP contribution in [-0.4, -0.2) is 0 Å². The van der Waals surface area contributed by atoms with E-state index in [0.717, 1.165) is 5.56 Å². The van der Waals surface area contributed by atoms with E-state index < -0.39 is 0 Å². The van der Waals surface area contributed by atoms with Gasteiger partial charge in [-0.25, -0.2) is 0 Å². The molecule has 0 amide bonds. The molecule has 0 bridgehead atoms. The molecular weight excluding hydrogens is 218 g/mol. The lowest BCUT2D eigenvalue weighted by atomic mass is 9.80. The summed E-state index contributed by atoms with van der Waals surface area (Å²) in [6.07, 6.45) is 5.88. The number of hydrogen-bond donors (Lipinski definition) is 0. The summed E-state index contributed by atoms with van der Waals surface area (Å²) in [6, 6.07) is 8.16. The minimum atomic E-state index is -0.0498. The van der Waals surface area contributed by atoms with Gasteiger partial charge in [0.25, 0.3) is 0 Å². The molecule has 1 nitrogen and oxygen atoms in total. The number of rotatable bonds is 2. The van der Waals surface area contributed by atoms with Gasteiger partial charge in [0.15, 0.2) is 0 Å². The second-order valence-corrected chi connectivity index (χ2v) is 5.13. The van der Waals surface area contributed by atoms with Gasteiger partial charge >= 0.3 is 0 Å². The van der Waals surface area contributed by atoms with Gasteiger partial charge in [-0.05, 0) is 41.3 Å². The molecular formula is C17H17N. The van der Waals surface area contributed by atoms with Crippen molar-refractivity contribution in [1.82, 2.24) is 0 Å². The molecule has 0 aliphatic heterocycles. The van der Waals surface area contributed by atoms with Crippen LogP contribution in [0.3, 0.4) is 0 Å². The fraction of sp³-hybridized carbons (Fsp3) is 0.235. The van der Waals surface area contributed by atoms with Crippen LogP contribution in [0.25, 0.3) is 5.57 Å². The number of hydrogen-bond acceptors (Lipinski definition) is 1. The van der Waals surface area contributed by atoms with Gasteiger partial charge in [0.1, 0.15) is 0 Å². The van der Waals surface area contributed by atoms with Gasteiger partial charge in [0.2, 0.25) is 0 Å². The van der Waals surface area contributed by atoms with Crippen molar-refractivity contribution in [3.05, 3.63) is 65.3 Å². The average molecular weight is 235 g/mol. The molecule has 1 aromatic rings. The summed E-state index contributed by atoms with van der Waals surface area (Å²) in [7, 11) is 0. The number of benzene rings is 1. The van der Waals surface area contributed by atoms with Crippen LogP contribution in [0.2, 0.25) is 0 Å². The number of fused-ring (bicyclic) bond motifs is 1. The van der Waals surface area contributed by atoms with Gasteiger partial charge in [-0.3, -0.25) is 0 Å². The quantitative estimate of drug-likeness (QED) is 0.698. The second kappa shape index (κ2) is 4.31. The molecule has 0 saturated heterocycles. The Morgan fingerprint density at radius 2 is 2.06 bits per heavy atom. The molecule has 0 N–H and O–H groups in total. The Morgan fingerprint density at radius 1 is 1.33 bits per heavy atom. The van der Waals surface area contributed by atoms with Gasteiger partial charge < -0.3 is 0 Å². The Morgan fingerprint density at radius 3 is 2.67 bits per heavy atom. The van der Waals surface area contributed by atoms with Crippen LogP contribution in [0.4, 0.5) is 0 Å². The van der Waals surface area contributed by atoms with Crippen LogP contribution in [-0.2, 0) is 5.41 Å². The van der Waals surface area contributed by atoms with Crippen molar-refractivity contribution in [1.29, 1.82) is 5.26 Å². The minimum absolute atomic E-state index is 0.0498. The summed E-state index contributed by atoms with van der Waals surface area (Å²) in [5, 5.41) is 9.02. The predicted molar refractivity (Wildman–Crippen MR) is 76.1 cm³/mol. The van der Waals surface area contributed by atoms with Crippen LogP contribution in [0, 0.1) is 11.3 Å². The first-order valence-electron chi connectivity index (χ1n) is 6.08. The van der Waals surface area contributed by atoms with Crippen molar-refractivity contribution in [2.75, 3.05) is 0 Å². The molecule has 90 valence electrons. The smallest absolute Gasteiger partial charge is 0.0991 e. The third kappa shape index (κ3) is 1.71. The van der Waals surface area contributed by atoms with Gasteiger partial charge in [-0.15, -0.1) is 0 Å². The number of nitrogens with zero attached hydrogens (tertiary/aromatic N) is 1. The molecule has 2 rings (SSSR count). The van der Waals surface area contributed by atoms with Crippen LogP contribution in [0.1, 0.15) is 37.5 Å². The lowest BCUT2D eigenvalue weighted by Crippen LogP contribution is -2.16. The Kier molecular flexibility index (Phi) is 2.97. The van der Waals surface area contributed by atoms with Crippen molar-refractivity contribution in [3.8, 4) is 6.07 Å². The first-order valence-corrected chi connectivity index (χ1v) is 6.08. The van der Waals surface area contributed by atoms with Crippen molar-refractivity contribution in [2.24, 2.45) is 0 Å². The summed E-state index contributed by atoms with van der Waals surface area (Å²) in [4.78, 5) is 0. The highest BCUT2D eigenvalue weighted by Gasteiger charge is 2.34. The van der Waals surface area contributed by atoms with Gasteiger partial charge in [0.05, 0.1) is 11.6 Å². The Hall–Kier alpha value is -2.07. The van der Waals surface area contributed by atoms with E-state index in [0.29, 0.717) is 0 Å². The maximum absolute atomic E-state index is 9.02. The molecule has 0 unspecified atom stereocenters. The van der Waals surface area contributed by atoms with Gasteiger partial charge in [0, 0.05) is 5.41 Å². The van der Waals surface area contributed by atoms with Crippen LogP contribution in [0.5, 0.6) is 0 Å². The maximum Gasteiger partial charge on any atom is 0.0991 e. The highest BCUT2D eigenvalue weighted by molar-refractivity contribution is 5.81. The lowest BCUT2D eigenvalue weighted by Gasteiger charge is -2.23. The summed E-state index contributed by atoms with van der Waals surface area (Å²) in [6.45, 7) is 10.3. The van der Waals surface area contributed by atoms with E-state index in [1.54, 1.807) is 6.08 Å². The largest absolute Gasteiger partial charge is 0.192 e. The monoisotopic (exact) mass is 235 g/mol. The summed E-state index contributed by atoms with van der Waals surface area (Å²) < 4.78 is 0. The first-order chi connectivity index (χ1) is 8.52. The van der Waals surface area contributed by atoms with Gasteiger partial charge in [-0.1, -0.05) is 44.7 Å². The molecule has 0 atom stereocenters. The van der Waals surface area contributed by atoms with E-state index in [9.17, 15) is 0 Å². The highest BCUT2D eigenvalue weighted by atomic mass is 14.4. The Labute approximate surface area is 109 Å². The SMILES string of the molecule is C=C/C=C\C1=C(C)c2ccc(C#N)cc2C1(C)C. The average Bonchev–Trinajstić information content (AvgIpc) is 2.55. The summed E-state index contributed by atoms with van der Waals surface area (Å²) in [5.41, 5.74) is 5.75. The molecule has 1 aliphatic carbocycles. The third-order valence-corrected chi connectivity index (χ3v) is 3.70. The van der Waals surface area contributed by atoms with E-state index in [1.807, 2.05) is 18.2 Å². The zero-order chi connectivity index (χ0) is 13.3. The summed E-state index contributed by atoms with van der Waals surface area (Å²) >= 11 is 0. The summed E-state index contributed by atoms with van der Waals surface area (Å²) in [5.74, 6) is 0. The van der Waals surface area contributed by atoms with E-state index in [2.05, 4.69) is 45.6 Å². The molecule has 0 fully saturated rings. The van der Waals surface area contributed by atoms with Crippen molar-refractivity contribution in [3.63, 3.8) is 0 Å². The fourth-order valence-corrected chi connectivity index (χ4v) is 2.71. The molecule has 0 spiro atoms. The topological polar surface area (TPSA) is 23.8 Å². The zero-order valence-electron chi connectivity index (χ0n) is 11.1. The fourth-order valence-electron chi connectivity index (χ4n) is 2.71. The zero-order valence-corrected chi connectivity index (χ0v) is 11.1. The Balaban J connectivity index is 2.64. The molecule has 0 aromatic heterocycles. The Bertz CT molecular complexity index is 607. The van der Waals surface area contributed by atoms with Crippen LogP contribution < -0.4 is 0 Å². The standard InChI is InChI=1S/C17H17N/c1-5-6-7-15-12(2)14-9-8-13(11-18)10-16(14)17(15,3)4/h5-10H,1H2,2-4H3/b7-6-. The van der Waals surface area contributed by atoms with E-state index in [-0.39, 0.29) is 5.41 Å². The molecule has 0 saturated carbocycles. The van der Waals surface area contributed by atoms with Crippen molar-refractivity contribution in [2.45, 2.75) is 26.2 Å². The van der Waals surface area contributed by atoms with Gasteiger partial charge in [-0.2, -0.15) is 5.26 Å². The molecule has 0 radical (unpaired) electrons. The lowest BCUT2D eigenvalue weighted by molar-refractivity contribution is 0.654. The van der Waals surface area contributed by atoms with Crippen LogP contribution >= 0.6 is 0 Å². The highest BCUT2D eigenvalue weighted by Crippen LogP contribution is 2.46. The molecule has 1 aromatic carbocycles. The molecule has 0 heterocycles. The molecule has 18 heavy (non-hydrogen) atoms. The predicted octanol–water partition coefficient (Wildman–Crippen LogP) is 4.37. The van der Waals surface area contributed by atoms with E-state index in [1.165, 1.54) is 22.3 Å². The molecule has 1 heteroatoms. The normalized spacial score (nSPS) is 16.8. The minimum Gasteiger partial charge on any atom is -0.192 e. The van der Waals surface area contributed by atoms with Crippen molar-refractivity contribution < 1.29 is 0 Å². The van der Waals surface area contributed by atoms with Crippen molar-refractivity contribution >= 4 is 5.57 Å². The number of nitriles is 1. The third-order valence-electron chi connectivity index (χ3n) is 3.70. The van der Waals surface area contributed by atoms with Crippen LogP contribution in [0.15, 0.2) is 48.6 Å². The second-order valence-electron chi connectivity index (χ2n) is 5.13. The maximum atomic E-state index is 9.02. The van der Waals surface area contributed by atoms with E-state index in [4.69, 9.17) is 5.26 Å². The number of allylic oxidation sites excluding steroid dienone is 5. The molecule has 1 aliphatic rings. The van der Waals surface area contributed by atoms with E-state index >= 15 is 0 Å². The first kappa shape index (κ1) is 12.4.